The zero-order valence-corrected chi connectivity index (χ0v) is 15.2. The summed E-state index contributed by atoms with van der Waals surface area (Å²) in [6.45, 7) is 0. The summed E-state index contributed by atoms with van der Waals surface area (Å²) in [6.07, 6.45) is 0. The van der Waals surface area contributed by atoms with E-state index in [0.717, 1.165) is 0 Å². The summed E-state index contributed by atoms with van der Waals surface area (Å²) in [5, 5.41) is 16.1. The second-order valence-corrected chi connectivity index (χ2v) is 7.78. The van der Waals surface area contributed by atoms with Crippen LogP contribution in [0.3, 0.4) is 0 Å². The van der Waals surface area contributed by atoms with Crippen LogP contribution in [0.15, 0.2) is 97.1 Å². The van der Waals surface area contributed by atoms with Crippen molar-refractivity contribution in [3.05, 3.63) is 97.1 Å². The smallest absolute Gasteiger partial charge is 0.00203 e. The van der Waals surface area contributed by atoms with Crippen molar-refractivity contribution in [1.82, 2.24) is 0 Å². The monoisotopic (exact) mass is 352 g/mol. The lowest BCUT2D eigenvalue weighted by Crippen LogP contribution is -1.87. The molecule has 28 heavy (non-hydrogen) atoms. The Labute approximate surface area is 162 Å². The molecular weight excluding hydrogens is 336 g/mol. The predicted octanol–water partition coefficient (Wildman–Crippen LogP) is 8.04. The molecule has 0 aliphatic carbocycles. The molecule has 0 nitrogen and oxygen atoms in total. The first-order chi connectivity index (χ1) is 13.9. The average molecular weight is 352 g/mol. The van der Waals surface area contributed by atoms with Crippen molar-refractivity contribution in [3.63, 3.8) is 0 Å². The molecular formula is C28H16. The van der Waals surface area contributed by atoms with E-state index >= 15 is 0 Å². The van der Waals surface area contributed by atoms with E-state index in [1.165, 1.54) is 64.6 Å². The number of hydrogen-bond donors (Lipinski definition) is 0. The molecule has 128 valence electrons. The molecule has 0 bridgehead atoms. The predicted molar refractivity (Wildman–Crippen MR) is 123 cm³/mol. The third-order valence-corrected chi connectivity index (χ3v) is 6.35. The first-order valence-corrected chi connectivity index (χ1v) is 9.79. The van der Waals surface area contributed by atoms with Crippen LogP contribution in [-0.4, -0.2) is 0 Å². The highest BCUT2D eigenvalue weighted by atomic mass is 14.2. The highest BCUT2D eigenvalue weighted by molar-refractivity contribution is 6.33. The van der Waals surface area contributed by atoms with Gasteiger partial charge in [-0.05, 0) is 70.7 Å². The van der Waals surface area contributed by atoms with Gasteiger partial charge < -0.3 is 0 Å². The average Bonchev–Trinajstić information content (AvgIpc) is 2.76. The van der Waals surface area contributed by atoms with Crippen LogP contribution in [0, 0.1) is 0 Å². The van der Waals surface area contributed by atoms with Crippen molar-refractivity contribution in [2.45, 2.75) is 0 Å². The first-order valence-electron chi connectivity index (χ1n) is 9.79. The van der Waals surface area contributed by atoms with Gasteiger partial charge in [0.2, 0.25) is 0 Å². The molecule has 0 aliphatic heterocycles. The normalized spacial score (nSPS) is 12.3. The van der Waals surface area contributed by atoms with E-state index < -0.39 is 0 Å². The number of fused-ring (bicyclic) bond motifs is 6. The van der Waals surface area contributed by atoms with Gasteiger partial charge in [-0.15, -0.1) is 0 Å². The first kappa shape index (κ1) is 14.4. The summed E-state index contributed by atoms with van der Waals surface area (Å²) >= 11 is 0. The van der Waals surface area contributed by atoms with Gasteiger partial charge in [-0.1, -0.05) is 91.0 Å². The van der Waals surface area contributed by atoms with Crippen molar-refractivity contribution in [1.29, 1.82) is 0 Å². The van der Waals surface area contributed by atoms with Gasteiger partial charge in [0.15, 0.2) is 0 Å². The van der Waals surface area contributed by atoms with Crippen molar-refractivity contribution >= 4 is 64.6 Å². The fraction of sp³-hybridized carbons (Fsp3) is 0. The maximum Gasteiger partial charge on any atom is -0.00203 e. The maximum atomic E-state index is 2.40. The van der Waals surface area contributed by atoms with E-state index in [4.69, 9.17) is 0 Å². The summed E-state index contributed by atoms with van der Waals surface area (Å²) in [5.41, 5.74) is 0. The Morgan fingerprint density at radius 1 is 0.286 bits per heavy atom. The Morgan fingerprint density at radius 2 is 0.893 bits per heavy atom. The quantitative estimate of drug-likeness (QED) is 0.191. The van der Waals surface area contributed by atoms with Gasteiger partial charge in [-0.25, -0.2) is 0 Å². The van der Waals surface area contributed by atoms with E-state index in [0.29, 0.717) is 0 Å². The Hall–Kier alpha value is -3.64. The number of benzene rings is 7. The van der Waals surface area contributed by atoms with E-state index in [9.17, 15) is 0 Å². The molecule has 0 radical (unpaired) electrons. The van der Waals surface area contributed by atoms with Crippen molar-refractivity contribution < 1.29 is 0 Å². The fourth-order valence-corrected chi connectivity index (χ4v) is 5.12. The molecule has 0 saturated carbocycles. The Kier molecular flexibility index (Phi) is 2.57. The molecule has 0 spiro atoms. The lowest BCUT2D eigenvalue weighted by atomic mass is 9.88. The zero-order valence-electron chi connectivity index (χ0n) is 15.2. The van der Waals surface area contributed by atoms with Gasteiger partial charge in [0.05, 0.1) is 0 Å². The van der Waals surface area contributed by atoms with E-state index in [-0.39, 0.29) is 0 Å². The van der Waals surface area contributed by atoms with Crippen LogP contribution in [0.4, 0.5) is 0 Å². The topological polar surface area (TPSA) is 0 Å². The zero-order chi connectivity index (χ0) is 18.2. The van der Waals surface area contributed by atoms with Crippen LogP contribution in [0.1, 0.15) is 0 Å². The van der Waals surface area contributed by atoms with Crippen molar-refractivity contribution in [2.75, 3.05) is 0 Å². The SMILES string of the molecule is c1ccc2c(c1)ccc1ccc3c(cc4ccc5cccc6ccc3c4c56)c12. The molecule has 0 unspecified atom stereocenters. The second-order valence-electron chi connectivity index (χ2n) is 7.78. The van der Waals surface area contributed by atoms with Gasteiger partial charge in [-0.2, -0.15) is 0 Å². The summed E-state index contributed by atoms with van der Waals surface area (Å²) in [4.78, 5) is 0. The van der Waals surface area contributed by atoms with Crippen molar-refractivity contribution in [3.8, 4) is 0 Å². The molecule has 0 heterocycles. The molecule has 7 rings (SSSR count). The maximum absolute atomic E-state index is 2.40. The van der Waals surface area contributed by atoms with Crippen LogP contribution in [0.2, 0.25) is 0 Å². The summed E-state index contributed by atoms with van der Waals surface area (Å²) in [5.74, 6) is 0. The van der Waals surface area contributed by atoms with E-state index in [1.54, 1.807) is 0 Å². The van der Waals surface area contributed by atoms with Crippen LogP contribution in [0.5, 0.6) is 0 Å². The Morgan fingerprint density at radius 3 is 1.75 bits per heavy atom. The minimum Gasteiger partial charge on any atom is -0.0616 e. The molecule has 0 atom stereocenters. The van der Waals surface area contributed by atoms with E-state index in [2.05, 4.69) is 97.1 Å². The van der Waals surface area contributed by atoms with Crippen LogP contribution >= 0.6 is 0 Å². The largest absolute Gasteiger partial charge is 0.0616 e. The third-order valence-electron chi connectivity index (χ3n) is 6.35. The Bertz CT molecular complexity index is 1690. The van der Waals surface area contributed by atoms with Crippen LogP contribution in [-0.2, 0) is 0 Å². The van der Waals surface area contributed by atoms with Gasteiger partial charge in [0, 0.05) is 0 Å². The van der Waals surface area contributed by atoms with Crippen LogP contribution in [0.25, 0.3) is 64.6 Å². The molecule has 0 aliphatic rings. The lowest BCUT2D eigenvalue weighted by molar-refractivity contribution is 1.79. The van der Waals surface area contributed by atoms with Gasteiger partial charge >= 0.3 is 0 Å². The second kappa shape index (κ2) is 4.99. The van der Waals surface area contributed by atoms with Crippen molar-refractivity contribution in [2.24, 2.45) is 0 Å². The van der Waals surface area contributed by atoms with Gasteiger partial charge in [0.25, 0.3) is 0 Å². The molecule has 0 aromatic heterocycles. The van der Waals surface area contributed by atoms with Gasteiger partial charge in [-0.3, -0.25) is 0 Å². The number of rotatable bonds is 0. The molecule has 0 N–H and O–H groups in total. The fourth-order valence-electron chi connectivity index (χ4n) is 5.12. The highest BCUT2D eigenvalue weighted by Gasteiger charge is 2.13. The Balaban J connectivity index is 1.82. The molecule has 7 aromatic rings. The molecule has 0 saturated heterocycles. The minimum absolute atomic E-state index is 1.30. The molecule has 0 heteroatoms. The molecule has 0 amide bonds. The van der Waals surface area contributed by atoms with Crippen LogP contribution < -0.4 is 0 Å². The summed E-state index contributed by atoms with van der Waals surface area (Å²) < 4.78 is 0. The third kappa shape index (κ3) is 1.70. The van der Waals surface area contributed by atoms with E-state index in [1.807, 2.05) is 0 Å². The summed E-state index contributed by atoms with van der Waals surface area (Å²) in [7, 11) is 0. The van der Waals surface area contributed by atoms with Gasteiger partial charge in [0.1, 0.15) is 0 Å². The highest BCUT2D eigenvalue weighted by Crippen LogP contribution is 2.41. The summed E-state index contributed by atoms with van der Waals surface area (Å²) in [6, 6.07) is 35.9. The lowest BCUT2D eigenvalue weighted by Gasteiger charge is -2.15. The number of hydrogen-bond acceptors (Lipinski definition) is 0. The minimum atomic E-state index is 1.30. The standard InChI is InChI=1S/C28H16/c1-2-7-22-17(4-1)8-9-20-12-14-23-24-15-13-19-6-3-5-18-10-11-21(28(24)26(18)19)16-25(23)27(20)22/h1-16H. The molecule has 7 aromatic carbocycles. The molecule has 0 fully saturated rings.